The van der Waals surface area contributed by atoms with Crippen LogP contribution in [0.5, 0.6) is 5.75 Å². The highest BCUT2D eigenvalue weighted by Gasteiger charge is 2.26. The fourth-order valence-electron chi connectivity index (χ4n) is 3.55. The number of amides is 1. The zero-order valence-corrected chi connectivity index (χ0v) is 15.1. The summed E-state index contributed by atoms with van der Waals surface area (Å²) in [4.78, 5) is 17.4. The van der Waals surface area contributed by atoms with Gasteiger partial charge in [-0.1, -0.05) is 37.8 Å². The van der Waals surface area contributed by atoms with Crippen molar-refractivity contribution in [3.63, 3.8) is 0 Å². The molecule has 0 radical (unpaired) electrons. The smallest absolute Gasteiger partial charge is 0.223 e. The van der Waals surface area contributed by atoms with E-state index in [2.05, 4.69) is 10.3 Å². The first-order valence-corrected chi connectivity index (χ1v) is 9.10. The third kappa shape index (κ3) is 4.21. The molecule has 1 amide bonds. The van der Waals surface area contributed by atoms with Crippen LogP contribution in [-0.4, -0.2) is 22.6 Å². The van der Waals surface area contributed by atoms with Crippen molar-refractivity contribution in [1.82, 2.24) is 14.9 Å². The molecule has 1 aliphatic rings. The molecule has 0 spiro atoms. The molecule has 1 saturated carbocycles. The number of hydrogen-bond donors (Lipinski definition) is 1. The molecule has 1 fully saturated rings. The fourth-order valence-corrected chi connectivity index (χ4v) is 3.55. The molecule has 134 valence electrons. The molecule has 1 aromatic heterocycles. The number of carbonyl (C=O) groups is 1. The predicted molar refractivity (Wildman–Crippen MR) is 97.4 cm³/mol. The second-order valence-electron chi connectivity index (χ2n) is 6.80. The predicted octanol–water partition coefficient (Wildman–Crippen LogP) is 3.60. The Morgan fingerprint density at radius 2 is 1.88 bits per heavy atom. The Morgan fingerprint density at radius 1 is 1.20 bits per heavy atom. The number of aromatic nitrogens is 2. The topological polar surface area (TPSA) is 56.1 Å². The van der Waals surface area contributed by atoms with Gasteiger partial charge < -0.3 is 14.6 Å². The van der Waals surface area contributed by atoms with Gasteiger partial charge in [0.25, 0.3) is 0 Å². The number of imidazole rings is 1. The monoisotopic (exact) mass is 341 g/mol. The third-order valence-electron chi connectivity index (χ3n) is 5.08. The van der Waals surface area contributed by atoms with Crippen molar-refractivity contribution in [2.45, 2.75) is 44.6 Å². The molecule has 1 N–H and O–H groups in total. The third-order valence-corrected chi connectivity index (χ3v) is 5.08. The van der Waals surface area contributed by atoms with E-state index >= 15 is 0 Å². The van der Waals surface area contributed by atoms with Gasteiger partial charge in [0, 0.05) is 25.4 Å². The highest BCUT2D eigenvalue weighted by Crippen LogP contribution is 2.27. The lowest BCUT2D eigenvalue weighted by atomic mass is 9.98. The summed E-state index contributed by atoms with van der Waals surface area (Å²) in [5.41, 5.74) is 1.01. The van der Waals surface area contributed by atoms with E-state index in [0.29, 0.717) is 0 Å². The molecule has 3 rings (SSSR count). The van der Waals surface area contributed by atoms with Gasteiger partial charge in [-0.05, 0) is 30.5 Å². The quantitative estimate of drug-likeness (QED) is 0.845. The van der Waals surface area contributed by atoms with Gasteiger partial charge in [0.2, 0.25) is 5.91 Å². The first-order valence-electron chi connectivity index (χ1n) is 9.10. The van der Waals surface area contributed by atoms with Gasteiger partial charge >= 0.3 is 0 Å². The Morgan fingerprint density at radius 3 is 2.44 bits per heavy atom. The van der Waals surface area contributed by atoms with E-state index in [9.17, 15) is 4.79 Å². The van der Waals surface area contributed by atoms with E-state index in [4.69, 9.17) is 4.74 Å². The maximum absolute atomic E-state index is 12.9. The van der Waals surface area contributed by atoms with Gasteiger partial charge in [-0.25, -0.2) is 4.98 Å². The lowest BCUT2D eigenvalue weighted by molar-refractivity contribution is -0.126. The first-order chi connectivity index (χ1) is 12.2. The lowest BCUT2D eigenvalue weighted by Gasteiger charge is -2.22. The van der Waals surface area contributed by atoms with Crippen LogP contribution in [-0.2, 0) is 11.8 Å². The number of ether oxygens (including phenoxy) is 1. The molecule has 1 heterocycles. The highest BCUT2D eigenvalue weighted by atomic mass is 16.5. The van der Waals surface area contributed by atoms with Crippen LogP contribution >= 0.6 is 0 Å². The van der Waals surface area contributed by atoms with Crippen molar-refractivity contribution in [2.75, 3.05) is 7.11 Å². The molecule has 0 saturated heterocycles. The Balaban J connectivity index is 1.83. The summed E-state index contributed by atoms with van der Waals surface area (Å²) in [6, 6.07) is 7.57. The van der Waals surface area contributed by atoms with E-state index in [0.717, 1.165) is 42.8 Å². The van der Waals surface area contributed by atoms with Crippen LogP contribution in [0.25, 0.3) is 0 Å². The molecular weight excluding hydrogens is 314 g/mol. The molecule has 5 heteroatoms. The molecule has 2 aromatic rings. The second-order valence-corrected chi connectivity index (χ2v) is 6.80. The number of methoxy groups -OCH3 is 1. The van der Waals surface area contributed by atoms with Crippen molar-refractivity contribution in [3.05, 3.63) is 48.0 Å². The van der Waals surface area contributed by atoms with Gasteiger partial charge in [0.15, 0.2) is 0 Å². The average Bonchev–Trinajstić information content (AvgIpc) is 2.88. The fraction of sp³-hybridized carbons (Fsp3) is 0.500. The number of hydrogen-bond acceptors (Lipinski definition) is 3. The Labute approximate surface area is 149 Å². The highest BCUT2D eigenvalue weighted by molar-refractivity contribution is 5.79. The largest absolute Gasteiger partial charge is 0.497 e. The second kappa shape index (κ2) is 8.19. The Kier molecular flexibility index (Phi) is 5.74. The summed E-state index contributed by atoms with van der Waals surface area (Å²) in [6.07, 6.45) is 10.4. The molecule has 5 nitrogen and oxygen atoms in total. The van der Waals surface area contributed by atoms with E-state index in [1.54, 1.807) is 13.3 Å². The van der Waals surface area contributed by atoms with Crippen LogP contribution < -0.4 is 10.1 Å². The molecular formula is C20H27N3O2. The zero-order chi connectivity index (χ0) is 17.6. The van der Waals surface area contributed by atoms with Crippen LogP contribution in [0.15, 0.2) is 36.7 Å². The van der Waals surface area contributed by atoms with Crippen LogP contribution in [0.2, 0.25) is 0 Å². The van der Waals surface area contributed by atoms with Crippen molar-refractivity contribution < 1.29 is 9.53 Å². The molecule has 0 bridgehead atoms. The van der Waals surface area contributed by atoms with Gasteiger partial charge in [-0.3, -0.25) is 4.79 Å². The minimum atomic E-state index is -0.248. The molecule has 1 aliphatic carbocycles. The molecule has 25 heavy (non-hydrogen) atoms. The van der Waals surface area contributed by atoms with Crippen molar-refractivity contribution >= 4 is 5.91 Å². The van der Waals surface area contributed by atoms with Crippen molar-refractivity contribution in [2.24, 2.45) is 13.0 Å². The number of nitrogens with one attached hydrogen (secondary N) is 1. The average molecular weight is 341 g/mol. The van der Waals surface area contributed by atoms with E-state index in [-0.39, 0.29) is 17.9 Å². The molecule has 1 unspecified atom stereocenters. The lowest BCUT2D eigenvalue weighted by Crippen LogP contribution is -2.35. The summed E-state index contributed by atoms with van der Waals surface area (Å²) in [7, 11) is 3.61. The van der Waals surface area contributed by atoms with Crippen LogP contribution in [0.3, 0.4) is 0 Å². The molecule has 1 atom stereocenters. The maximum atomic E-state index is 12.9. The Hall–Kier alpha value is -2.30. The van der Waals surface area contributed by atoms with Gasteiger partial charge in [0.1, 0.15) is 17.6 Å². The summed E-state index contributed by atoms with van der Waals surface area (Å²) in [6.45, 7) is 0. The molecule has 1 aromatic carbocycles. The summed E-state index contributed by atoms with van der Waals surface area (Å²) < 4.78 is 7.21. The summed E-state index contributed by atoms with van der Waals surface area (Å²) >= 11 is 0. The maximum Gasteiger partial charge on any atom is 0.223 e. The van der Waals surface area contributed by atoms with E-state index < -0.39 is 0 Å². The van der Waals surface area contributed by atoms with Crippen molar-refractivity contribution in [1.29, 1.82) is 0 Å². The minimum absolute atomic E-state index is 0.114. The minimum Gasteiger partial charge on any atom is -0.497 e. The summed E-state index contributed by atoms with van der Waals surface area (Å²) in [5.74, 6) is 1.90. The summed E-state index contributed by atoms with van der Waals surface area (Å²) in [5, 5.41) is 3.25. The number of benzene rings is 1. The van der Waals surface area contributed by atoms with E-state index in [1.807, 2.05) is 42.1 Å². The number of rotatable bonds is 5. The van der Waals surface area contributed by atoms with Gasteiger partial charge in [-0.2, -0.15) is 0 Å². The zero-order valence-electron chi connectivity index (χ0n) is 15.1. The van der Waals surface area contributed by atoms with Crippen LogP contribution in [0.4, 0.5) is 0 Å². The number of nitrogens with zero attached hydrogens (tertiary/aromatic N) is 2. The van der Waals surface area contributed by atoms with E-state index in [1.165, 1.54) is 12.8 Å². The standard InChI is InChI=1S/C20H27N3O2/c1-23-14-13-21-19(23)18(15-9-11-17(25-2)12-10-15)22-20(24)16-7-5-3-4-6-8-16/h9-14,16,18H,3-8H2,1-2H3,(H,22,24). The van der Waals surface area contributed by atoms with Crippen LogP contribution in [0, 0.1) is 5.92 Å². The van der Waals surface area contributed by atoms with Gasteiger partial charge in [0.05, 0.1) is 7.11 Å². The molecule has 0 aliphatic heterocycles. The van der Waals surface area contributed by atoms with Crippen LogP contribution in [0.1, 0.15) is 56.0 Å². The number of carbonyl (C=O) groups excluding carboxylic acids is 1. The normalized spacial score (nSPS) is 16.9. The number of aryl methyl sites for hydroxylation is 1. The SMILES string of the molecule is COc1ccc(C(NC(=O)C2CCCCCC2)c2nccn2C)cc1. The first kappa shape index (κ1) is 17.5. The Bertz CT molecular complexity index is 685. The van der Waals surface area contributed by atoms with Crippen molar-refractivity contribution in [3.8, 4) is 5.75 Å². The van der Waals surface area contributed by atoms with Gasteiger partial charge in [-0.15, -0.1) is 0 Å².